The average Bonchev–Trinajstić information content (AvgIpc) is 2.75. The van der Waals surface area contributed by atoms with Gasteiger partial charge in [0.2, 0.25) is 0 Å². The number of likely N-dealkylation sites (tertiary alicyclic amines) is 1. The Bertz CT molecular complexity index is 731. The van der Waals surface area contributed by atoms with Gasteiger partial charge in [-0.25, -0.2) is 4.98 Å². The minimum Gasteiger partial charge on any atom is -0.332 e. The molecule has 0 bridgehead atoms. The molecular formula is C16H19Cl2N3O. The van der Waals surface area contributed by atoms with Crippen LogP contribution in [-0.4, -0.2) is 32.3 Å². The van der Waals surface area contributed by atoms with Crippen LogP contribution in [0.4, 0.5) is 0 Å². The SMILES string of the molecule is Cc1nc2c(Cl)cc(Cl)cn2c1C(=O)N1C(C)CCCC1C. The quantitative estimate of drug-likeness (QED) is 0.774. The van der Waals surface area contributed by atoms with E-state index < -0.39 is 0 Å². The van der Waals surface area contributed by atoms with E-state index in [1.807, 2.05) is 11.8 Å². The van der Waals surface area contributed by atoms with Gasteiger partial charge in [0.15, 0.2) is 5.65 Å². The minimum atomic E-state index is 0.00281. The molecule has 0 saturated carbocycles. The number of fused-ring (bicyclic) bond motifs is 1. The van der Waals surface area contributed by atoms with Crippen LogP contribution in [0.1, 0.15) is 49.3 Å². The van der Waals surface area contributed by atoms with Gasteiger partial charge in [-0.3, -0.25) is 9.20 Å². The molecule has 2 aromatic rings. The van der Waals surface area contributed by atoms with Crippen LogP contribution in [0, 0.1) is 6.92 Å². The lowest BCUT2D eigenvalue weighted by Crippen LogP contribution is -2.48. The topological polar surface area (TPSA) is 37.6 Å². The molecule has 1 aliphatic heterocycles. The van der Waals surface area contributed by atoms with Gasteiger partial charge in [-0.2, -0.15) is 0 Å². The standard InChI is InChI=1S/C16H19Cl2N3O/c1-9-5-4-6-10(2)21(9)16(22)14-11(3)19-15-13(18)7-12(17)8-20(14)15/h7-10H,4-6H2,1-3H3. The molecule has 22 heavy (non-hydrogen) atoms. The summed E-state index contributed by atoms with van der Waals surface area (Å²) in [4.78, 5) is 19.5. The van der Waals surface area contributed by atoms with Gasteiger partial charge in [0.25, 0.3) is 5.91 Å². The Balaban J connectivity index is 2.13. The zero-order valence-corrected chi connectivity index (χ0v) is 14.4. The summed E-state index contributed by atoms with van der Waals surface area (Å²) in [5, 5.41) is 0.943. The highest BCUT2D eigenvalue weighted by molar-refractivity contribution is 6.36. The van der Waals surface area contributed by atoms with E-state index in [4.69, 9.17) is 23.2 Å². The molecule has 3 heterocycles. The van der Waals surface area contributed by atoms with E-state index in [0.717, 1.165) is 19.3 Å². The fraction of sp³-hybridized carbons (Fsp3) is 0.500. The normalized spacial score (nSPS) is 22.3. The summed E-state index contributed by atoms with van der Waals surface area (Å²) in [5.74, 6) is 0.00281. The zero-order valence-electron chi connectivity index (χ0n) is 12.9. The number of pyridine rings is 1. The maximum absolute atomic E-state index is 13.1. The summed E-state index contributed by atoms with van der Waals surface area (Å²) < 4.78 is 1.72. The number of piperidine rings is 1. The summed E-state index contributed by atoms with van der Waals surface area (Å²) >= 11 is 12.3. The van der Waals surface area contributed by atoms with Crippen LogP contribution in [0.2, 0.25) is 10.0 Å². The molecule has 0 N–H and O–H groups in total. The highest BCUT2D eigenvalue weighted by Crippen LogP contribution is 2.28. The van der Waals surface area contributed by atoms with Gasteiger partial charge in [0.05, 0.1) is 15.7 Å². The molecule has 0 aliphatic carbocycles. The Morgan fingerprint density at radius 3 is 2.55 bits per heavy atom. The fourth-order valence-electron chi connectivity index (χ4n) is 3.39. The fourth-order valence-corrected chi connectivity index (χ4v) is 3.90. The summed E-state index contributed by atoms with van der Waals surface area (Å²) in [6.07, 6.45) is 4.94. The van der Waals surface area contributed by atoms with E-state index in [0.29, 0.717) is 27.1 Å². The largest absolute Gasteiger partial charge is 0.332 e. The Labute approximate surface area is 140 Å². The monoisotopic (exact) mass is 339 g/mol. The summed E-state index contributed by atoms with van der Waals surface area (Å²) in [5.41, 5.74) is 1.81. The molecule has 2 atom stereocenters. The number of halogens is 2. The number of rotatable bonds is 1. The lowest BCUT2D eigenvalue weighted by atomic mass is 9.97. The number of carbonyl (C=O) groups is 1. The molecule has 0 spiro atoms. The molecule has 0 aromatic carbocycles. The van der Waals surface area contributed by atoms with E-state index in [2.05, 4.69) is 18.8 Å². The third-order valence-electron chi connectivity index (χ3n) is 4.45. The van der Waals surface area contributed by atoms with Crippen LogP contribution in [0.25, 0.3) is 5.65 Å². The third-order valence-corrected chi connectivity index (χ3v) is 4.93. The predicted molar refractivity (Wildman–Crippen MR) is 88.9 cm³/mol. The van der Waals surface area contributed by atoms with Crippen molar-refractivity contribution in [2.75, 3.05) is 0 Å². The number of carbonyl (C=O) groups excluding carboxylic acids is 1. The van der Waals surface area contributed by atoms with E-state index >= 15 is 0 Å². The molecular weight excluding hydrogens is 321 g/mol. The van der Waals surface area contributed by atoms with Crippen LogP contribution in [0.15, 0.2) is 12.3 Å². The van der Waals surface area contributed by atoms with Gasteiger partial charge >= 0.3 is 0 Å². The van der Waals surface area contributed by atoms with Gasteiger partial charge in [-0.1, -0.05) is 23.2 Å². The number of hydrogen-bond donors (Lipinski definition) is 0. The van der Waals surface area contributed by atoms with Crippen molar-refractivity contribution in [3.63, 3.8) is 0 Å². The maximum Gasteiger partial charge on any atom is 0.273 e. The van der Waals surface area contributed by atoms with Crippen molar-refractivity contribution < 1.29 is 4.79 Å². The first kappa shape index (κ1) is 15.6. The van der Waals surface area contributed by atoms with Crippen molar-refractivity contribution in [3.05, 3.63) is 33.7 Å². The summed E-state index contributed by atoms with van der Waals surface area (Å²) in [6, 6.07) is 2.11. The molecule has 6 heteroatoms. The second-order valence-electron chi connectivity index (χ2n) is 6.09. The smallest absolute Gasteiger partial charge is 0.273 e. The molecule has 1 aliphatic rings. The molecule has 4 nitrogen and oxygen atoms in total. The van der Waals surface area contributed by atoms with Crippen LogP contribution in [0.5, 0.6) is 0 Å². The van der Waals surface area contributed by atoms with E-state index in [1.54, 1.807) is 16.7 Å². The van der Waals surface area contributed by atoms with Crippen molar-refractivity contribution in [2.24, 2.45) is 0 Å². The predicted octanol–water partition coefficient (Wildman–Crippen LogP) is 4.35. The highest BCUT2D eigenvalue weighted by Gasteiger charge is 2.32. The molecule has 118 valence electrons. The number of hydrogen-bond acceptors (Lipinski definition) is 2. The first-order valence-electron chi connectivity index (χ1n) is 7.56. The first-order valence-corrected chi connectivity index (χ1v) is 8.32. The van der Waals surface area contributed by atoms with Gasteiger partial charge in [0.1, 0.15) is 5.69 Å². The van der Waals surface area contributed by atoms with Crippen LogP contribution in [-0.2, 0) is 0 Å². The first-order chi connectivity index (χ1) is 10.4. The third kappa shape index (κ3) is 2.48. The van der Waals surface area contributed by atoms with Crippen molar-refractivity contribution in [3.8, 4) is 0 Å². The van der Waals surface area contributed by atoms with Gasteiger partial charge in [0, 0.05) is 18.3 Å². The average molecular weight is 340 g/mol. The van der Waals surface area contributed by atoms with Crippen LogP contribution < -0.4 is 0 Å². The van der Waals surface area contributed by atoms with Crippen molar-refractivity contribution in [1.29, 1.82) is 0 Å². The highest BCUT2D eigenvalue weighted by atomic mass is 35.5. The Morgan fingerprint density at radius 1 is 1.27 bits per heavy atom. The summed E-state index contributed by atoms with van der Waals surface area (Å²) in [7, 11) is 0. The van der Waals surface area contributed by atoms with Crippen molar-refractivity contribution in [2.45, 2.75) is 52.1 Å². The lowest BCUT2D eigenvalue weighted by Gasteiger charge is -2.39. The second kappa shape index (κ2) is 5.74. The Kier molecular flexibility index (Phi) is 4.08. The van der Waals surface area contributed by atoms with E-state index in [9.17, 15) is 4.79 Å². The number of aryl methyl sites for hydroxylation is 1. The molecule has 3 rings (SSSR count). The van der Waals surface area contributed by atoms with Gasteiger partial charge in [-0.05, 0) is 46.1 Å². The van der Waals surface area contributed by atoms with Crippen LogP contribution >= 0.6 is 23.2 Å². The molecule has 1 fully saturated rings. The van der Waals surface area contributed by atoms with Gasteiger partial charge in [-0.15, -0.1) is 0 Å². The van der Waals surface area contributed by atoms with Crippen molar-refractivity contribution in [1.82, 2.24) is 14.3 Å². The van der Waals surface area contributed by atoms with Crippen LogP contribution in [0.3, 0.4) is 0 Å². The molecule has 1 saturated heterocycles. The number of amides is 1. The molecule has 2 unspecified atom stereocenters. The zero-order chi connectivity index (χ0) is 16.0. The summed E-state index contributed by atoms with van der Waals surface area (Å²) in [6.45, 7) is 6.04. The Morgan fingerprint density at radius 2 is 1.91 bits per heavy atom. The van der Waals surface area contributed by atoms with E-state index in [-0.39, 0.29) is 18.0 Å². The lowest BCUT2D eigenvalue weighted by molar-refractivity contribution is 0.0503. The molecule has 2 aromatic heterocycles. The minimum absolute atomic E-state index is 0.00281. The Hall–Kier alpha value is -1.26. The number of imidazole rings is 1. The second-order valence-corrected chi connectivity index (χ2v) is 6.93. The number of aromatic nitrogens is 2. The number of nitrogens with zero attached hydrogens (tertiary/aromatic N) is 3. The van der Waals surface area contributed by atoms with Gasteiger partial charge < -0.3 is 4.90 Å². The van der Waals surface area contributed by atoms with E-state index in [1.165, 1.54) is 0 Å². The molecule has 0 radical (unpaired) electrons. The maximum atomic E-state index is 13.1. The molecule has 1 amide bonds. The van der Waals surface area contributed by atoms with Crippen molar-refractivity contribution >= 4 is 34.8 Å².